The zero-order valence-corrected chi connectivity index (χ0v) is 28.4. The van der Waals surface area contributed by atoms with Gasteiger partial charge in [0.2, 0.25) is 0 Å². The van der Waals surface area contributed by atoms with E-state index in [-0.39, 0.29) is 0 Å². The molecule has 37 heavy (non-hydrogen) atoms. The second-order valence-corrected chi connectivity index (χ2v) is 14.3. The molecule has 0 saturated heterocycles. The third-order valence-corrected chi connectivity index (χ3v) is 7.10. The van der Waals surface area contributed by atoms with Gasteiger partial charge in [-0.1, -0.05) is 142 Å². The number of hydrogen-bond acceptors (Lipinski definition) is 0. The Hall–Kier alpha value is 1.46. The molecular formula is C34H58Cl2Zr. The molecule has 0 aromatic heterocycles. The summed E-state index contributed by atoms with van der Waals surface area (Å²) in [6.45, 7) is 4.57. The molecule has 0 unspecified atom stereocenters. The Morgan fingerprint density at radius 3 is 0.865 bits per heavy atom. The molecule has 0 spiro atoms. The van der Waals surface area contributed by atoms with E-state index < -0.39 is 20.8 Å². The van der Waals surface area contributed by atoms with Gasteiger partial charge in [0, 0.05) is 0 Å². The zero-order chi connectivity index (χ0) is 27.1. The van der Waals surface area contributed by atoms with Crippen LogP contribution in [0.2, 0.25) is 0 Å². The summed E-state index contributed by atoms with van der Waals surface area (Å²) < 4.78 is 0. The van der Waals surface area contributed by atoms with Crippen LogP contribution in [0.4, 0.5) is 0 Å². The summed E-state index contributed by atoms with van der Waals surface area (Å²) in [4.78, 5) is 0. The fourth-order valence-corrected chi connectivity index (χ4v) is 4.79. The van der Waals surface area contributed by atoms with Crippen molar-refractivity contribution in [1.29, 1.82) is 0 Å². The molecule has 0 aromatic carbocycles. The number of hydrogen-bond donors (Lipinski definition) is 0. The summed E-state index contributed by atoms with van der Waals surface area (Å²) in [5.41, 5.74) is 0. The predicted molar refractivity (Wildman–Crippen MR) is 166 cm³/mol. The summed E-state index contributed by atoms with van der Waals surface area (Å²) >= 11 is -0.826. The van der Waals surface area contributed by atoms with Crippen LogP contribution in [0.5, 0.6) is 0 Å². The Labute approximate surface area is 254 Å². The number of unbranched alkanes of at least 4 members (excludes halogenated alkanes) is 18. The van der Waals surface area contributed by atoms with E-state index >= 15 is 0 Å². The molecular weight excluding hydrogens is 571 g/mol. The van der Waals surface area contributed by atoms with Crippen LogP contribution in [0, 0.1) is 63.2 Å². The fourth-order valence-electron chi connectivity index (χ4n) is 4.79. The minimum absolute atomic E-state index is 0.826. The monoisotopic (exact) mass is 626 g/mol. The molecule has 0 aliphatic heterocycles. The van der Waals surface area contributed by atoms with Crippen LogP contribution < -0.4 is 0 Å². The van der Waals surface area contributed by atoms with Gasteiger partial charge in [0.15, 0.2) is 0 Å². The molecule has 2 saturated carbocycles. The van der Waals surface area contributed by atoms with Crippen LogP contribution in [0.3, 0.4) is 0 Å². The molecule has 2 aliphatic carbocycles. The first-order chi connectivity index (χ1) is 18.3. The Balaban J connectivity index is 0.000000633. The maximum absolute atomic E-state index is 4.93. The molecule has 0 bridgehead atoms. The van der Waals surface area contributed by atoms with E-state index in [0.717, 1.165) is 0 Å². The SMILES string of the molecule is CCCCCCCCCCCC[C]1[CH][CH][CH][CH]1.CCCCCCCCCCCC[C]1[CH][CH][CH][CH]1.[Cl][Zr][Cl]. The first-order valence-electron chi connectivity index (χ1n) is 15.7. The Morgan fingerprint density at radius 1 is 0.405 bits per heavy atom. The quantitative estimate of drug-likeness (QED) is 0.105. The third kappa shape index (κ3) is 30.3. The average Bonchev–Trinajstić information content (AvgIpc) is 3.62. The summed E-state index contributed by atoms with van der Waals surface area (Å²) in [5.74, 6) is 3.04. The van der Waals surface area contributed by atoms with Crippen molar-refractivity contribution in [3.63, 3.8) is 0 Å². The average molecular weight is 629 g/mol. The van der Waals surface area contributed by atoms with Gasteiger partial charge < -0.3 is 0 Å². The Morgan fingerprint density at radius 2 is 0.622 bits per heavy atom. The van der Waals surface area contributed by atoms with Crippen molar-refractivity contribution in [3.05, 3.63) is 63.2 Å². The van der Waals surface area contributed by atoms with Crippen molar-refractivity contribution in [2.75, 3.05) is 0 Å². The maximum atomic E-state index is 4.93. The molecule has 2 aliphatic rings. The fraction of sp³-hybridized carbons (Fsp3) is 0.706. The number of rotatable bonds is 22. The summed E-state index contributed by atoms with van der Waals surface area (Å²) in [6, 6.07) is 0. The molecule has 10 radical (unpaired) electrons. The van der Waals surface area contributed by atoms with E-state index in [4.69, 9.17) is 17.0 Å². The molecule has 212 valence electrons. The van der Waals surface area contributed by atoms with Crippen LogP contribution in [-0.4, -0.2) is 0 Å². The summed E-state index contributed by atoms with van der Waals surface area (Å²) in [6.07, 6.45) is 48.7. The van der Waals surface area contributed by atoms with E-state index in [1.165, 1.54) is 153 Å². The first-order valence-corrected chi connectivity index (χ1v) is 22.0. The minimum atomic E-state index is -0.826. The Kier molecular flexibility index (Phi) is 35.0. The van der Waals surface area contributed by atoms with Gasteiger partial charge in [0.1, 0.15) is 0 Å². The van der Waals surface area contributed by atoms with Gasteiger partial charge in [-0.15, -0.1) is 0 Å². The molecule has 0 nitrogen and oxygen atoms in total. The van der Waals surface area contributed by atoms with Crippen LogP contribution in [0.1, 0.15) is 155 Å². The van der Waals surface area contributed by atoms with E-state index in [1.807, 2.05) is 0 Å². The van der Waals surface area contributed by atoms with Gasteiger partial charge >= 0.3 is 37.9 Å². The molecule has 0 heterocycles. The van der Waals surface area contributed by atoms with E-state index in [1.54, 1.807) is 0 Å². The van der Waals surface area contributed by atoms with Crippen LogP contribution >= 0.6 is 17.0 Å². The molecule has 0 atom stereocenters. The molecule has 0 aromatic rings. The van der Waals surface area contributed by atoms with E-state index in [9.17, 15) is 0 Å². The summed E-state index contributed by atoms with van der Waals surface area (Å²) in [7, 11) is 9.87. The number of halogens is 2. The van der Waals surface area contributed by atoms with Gasteiger partial charge in [-0.2, -0.15) is 0 Å². The molecule has 3 heteroatoms. The van der Waals surface area contributed by atoms with Crippen molar-refractivity contribution in [2.45, 2.75) is 155 Å². The van der Waals surface area contributed by atoms with Crippen molar-refractivity contribution < 1.29 is 20.8 Å². The van der Waals surface area contributed by atoms with Gasteiger partial charge in [-0.25, -0.2) is 0 Å². The standard InChI is InChI=1S/2C17H29.2ClH.Zr/c2*1-2-3-4-5-6-7-8-9-10-11-14-17-15-12-13-16-17;;;/h2*12-13,15-16H,2-11,14H2,1H3;2*1H;/q;;;;+2/p-2. The van der Waals surface area contributed by atoms with E-state index in [0.29, 0.717) is 0 Å². The molecule has 0 amide bonds. The van der Waals surface area contributed by atoms with Crippen molar-refractivity contribution in [1.82, 2.24) is 0 Å². The van der Waals surface area contributed by atoms with Gasteiger partial charge in [0.25, 0.3) is 0 Å². The second-order valence-electron chi connectivity index (χ2n) is 10.5. The third-order valence-electron chi connectivity index (χ3n) is 7.10. The second kappa shape index (κ2) is 33.7. The van der Waals surface area contributed by atoms with Crippen LogP contribution in [0.25, 0.3) is 0 Å². The van der Waals surface area contributed by atoms with Crippen LogP contribution in [0.15, 0.2) is 0 Å². The van der Waals surface area contributed by atoms with Crippen molar-refractivity contribution >= 4 is 17.0 Å². The van der Waals surface area contributed by atoms with Crippen molar-refractivity contribution in [3.8, 4) is 0 Å². The zero-order valence-electron chi connectivity index (χ0n) is 24.4. The predicted octanol–water partition coefficient (Wildman–Crippen LogP) is 12.8. The molecule has 0 N–H and O–H groups in total. The molecule has 2 fully saturated rings. The summed E-state index contributed by atoms with van der Waals surface area (Å²) in [5, 5.41) is 0. The van der Waals surface area contributed by atoms with Gasteiger partial charge in [-0.3, -0.25) is 0 Å². The van der Waals surface area contributed by atoms with E-state index in [2.05, 4.69) is 65.2 Å². The Bertz CT molecular complexity index is 355. The van der Waals surface area contributed by atoms with Gasteiger partial charge in [0.05, 0.1) is 0 Å². The molecule has 2 rings (SSSR count). The van der Waals surface area contributed by atoms with Gasteiger partial charge in [-0.05, 0) is 76.0 Å². The first kappa shape index (κ1) is 38.5. The normalized spacial score (nSPS) is 15.8. The van der Waals surface area contributed by atoms with Crippen molar-refractivity contribution in [2.24, 2.45) is 0 Å². The topological polar surface area (TPSA) is 0 Å². The van der Waals surface area contributed by atoms with Crippen LogP contribution in [-0.2, 0) is 20.8 Å².